The van der Waals surface area contributed by atoms with Crippen molar-refractivity contribution < 1.29 is 9.53 Å². The number of carbonyl (C=O) groups is 1. The van der Waals surface area contributed by atoms with Gasteiger partial charge < -0.3 is 15.4 Å². The Morgan fingerprint density at radius 1 is 1.45 bits per heavy atom. The molecule has 0 aliphatic carbocycles. The molecule has 1 aromatic heterocycles. The fourth-order valence-corrected chi connectivity index (χ4v) is 3.43. The highest BCUT2D eigenvalue weighted by Gasteiger charge is 2.30. The van der Waals surface area contributed by atoms with Crippen molar-refractivity contribution in [3.05, 3.63) is 35.1 Å². The Labute approximate surface area is 140 Å². The van der Waals surface area contributed by atoms with Crippen molar-refractivity contribution in [1.82, 2.24) is 9.97 Å². The molecule has 1 atom stereocenters. The van der Waals surface area contributed by atoms with Gasteiger partial charge in [-0.15, -0.1) is 0 Å². The molecule has 0 bridgehead atoms. The van der Waals surface area contributed by atoms with Crippen LogP contribution in [-0.2, 0) is 9.53 Å². The van der Waals surface area contributed by atoms with Gasteiger partial charge in [-0.3, -0.25) is 4.79 Å². The van der Waals surface area contributed by atoms with Crippen molar-refractivity contribution in [2.45, 2.75) is 10.3 Å². The van der Waals surface area contributed by atoms with Crippen LogP contribution in [-0.4, -0.2) is 34.8 Å². The predicted octanol–water partition coefficient (Wildman–Crippen LogP) is 3.04. The van der Waals surface area contributed by atoms with E-state index in [9.17, 15) is 4.79 Å². The number of aromatic nitrogens is 2. The van der Waals surface area contributed by atoms with Gasteiger partial charge in [-0.2, -0.15) is 0 Å². The second-order valence-corrected chi connectivity index (χ2v) is 6.70. The summed E-state index contributed by atoms with van der Waals surface area (Å²) in [5, 5.41) is 6.49. The van der Waals surface area contributed by atoms with Crippen molar-refractivity contribution in [2.24, 2.45) is 0 Å². The number of anilines is 3. The maximum atomic E-state index is 12.1. The molecule has 22 heavy (non-hydrogen) atoms. The highest BCUT2D eigenvalue weighted by molar-refractivity contribution is 9.10. The van der Waals surface area contributed by atoms with Gasteiger partial charge in [-0.1, -0.05) is 33.8 Å². The summed E-state index contributed by atoms with van der Waals surface area (Å²) in [6.07, 6.45) is 1.48. The Bertz CT molecular complexity index is 713. The number of nitrogens with one attached hydrogen (secondary N) is 2. The largest absolute Gasteiger partial charge is 0.383 e. The van der Waals surface area contributed by atoms with E-state index in [2.05, 4.69) is 36.5 Å². The SMILES string of the molecule is COCC1Sc2ncnc(Nc3cccc(Br)c3)c2NC1=O. The van der Waals surface area contributed by atoms with Crippen LogP contribution in [0.4, 0.5) is 17.2 Å². The summed E-state index contributed by atoms with van der Waals surface area (Å²) in [5.41, 5.74) is 1.47. The van der Waals surface area contributed by atoms with Gasteiger partial charge in [0.25, 0.3) is 0 Å². The second-order valence-electron chi connectivity index (χ2n) is 4.59. The third-order valence-corrected chi connectivity index (χ3v) is 4.67. The minimum Gasteiger partial charge on any atom is -0.383 e. The maximum Gasteiger partial charge on any atom is 0.240 e. The summed E-state index contributed by atoms with van der Waals surface area (Å²) in [6.45, 7) is 0.342. The third kappa shape index (κ3) is 3.23. The molecule has 1 unspecified atom stereocenters. The number of rotatable bonds is 4. The first-order chi connectivity index (χ1) is 10.7. The summed E-state index contributed by atoms with van der Waals surface area (Å²) in [5.74, 6) is 0.464. The van der Waals surface area contributed by atoms with E-state index >= 15 is 0 Å². The van der Waals surface area contributed by atoms with Crippen LogP contribution in [0.5, 0.6) is 0 Å². The molecule has 2 N–H and O–H groups in total. The zero-order valence-corrected chi connectivity index (χ0v) is 14.1. The fourth-order valence-electron chi connectivity index (χ4n) is 2.02. The van der Waals surface area contributed by atoms with Crippen LogP contribution < -0.4 is 10.6 Å². The Morgan fingerprint density at radius 2 is 2.32 bits per heavy atom. The molecule has 2 aromatic rings. The first-order valence-corrected chi connectivity index (χ1v) is 8.18. The number of benzene rings is 1. The van der Waals surface area contributed by atoms with Crippen LogP contribution in [0.1, 0.15) is 0 Å². The number of nitrogens with zero attached hydrogens (tertiary/aromatic N) is 2. The number of fused-ring (bicyclic) bond motifs is 1. The highest BCUT2D eigenvalue weighted by atomic mass is 79.9. The van der Waals surface area contributed by atoms with Crippen molar-refractivity contribution >= 4 is 50.8 Å². The molecular weight excluding hydrogens is 368 g/mol. The second kappa shape index (κ2) is 6.64. The lowest BCUT2D eigenvalue weighted by molar-refractivity contribution is -0.116. The smallest absolute Gasteiger partial charge is 0.240 e. The lowest BCUT2D eigenvalue weighted by atomic mass is 10.3. The van der Waals surface area contributed by atoms with Crippen LogP contribution in [0.3, 0.4) is 0 Å². The average Bonchev–Trinajstić information content (AvgIpc) is 2.49. The van der Waals surface area contributed by atoms with Crippen molar-refractivity contribution in [2.75, 3.05) is 24.4 Å². The summed E-state index contributed by atoms with van der Waals surface area (Å²) >= 11 is 4.80. The quantitative estimate of drug-likeness (QED) is 0.793. The number of halogens is 1. The van der Waals surface area contributed by atoms with Gasteiger partial charge in [0.2, 0.25) is 5.91 Å². The van der Waals surface area contributed by atoms with Gasteiger partial charge in [-0.25, -0.2) is 9.97 Å². The molecule has 114 valence electrons. The molecule has 0 radical (unpaired) electrons. The summed E-state index contributed by atoms with van der Waals surface area (Å²) in [4.78, 5) is 20.6. The van der Waals surface area contributed by atoms with Crippen LogP contribution in [0.15, 0.2) is 40.1 Å². The lowest BCUT2D eigenvalue weighted by Crippen LogP contribution is -2.33. The first-order valence-electron chi connectivity index (χ1n) is 6.51. The number of amides is 1. The molecule has 1 aliphatic rings. The number of hydrogen-bond donors (Lipinski definition) is 2. The summed E-state index contributed by atoms with van der Waals surface area (Å²) < 4.78 is 6.02. The minimum absolute atomic E-state index is 0.105. The monoisotopic (exact) mass is 380 g/mol. The first kappa shape index (κ1) is 15.3. The van der Waals surface area contributed by atoms with E-state index in [1.807, 2.05) is 24.3 Å². The Morgan fingerprint density at radius 3 is 3.09 bits per heavy atom. The van der Waals surface area contributed by atoms with Crippen molar-refractivity contribution in [3.8, 4) is 0 Å². The standard InChI is InChI=1S/C14H13BrN4O2S/c1-21-6-10-13(20)19-11-12(16-7-17-14(11)22-10)18-9-4-2-3-8(15)5-9/h2-5,7,10H,6H2,1H3,(H,19,20)(H,16,17,18). The van der Waals surface area contributed by atoms with Crippen molar-refractivity contribution in [1.29, 1.82) is 0 Å². The van der Waals surface area contributed by atoms with E-state index in [4.69, 9.17) is 4.74 Å². The lowest BCUT2D eigenvalue weighted by Gasteiger charge is -2.24. The molecule has 1 amide bonds. The maximum absolute atomic E-state index is 12.1. The van der Waals surface area contributed by atoms with Gasteiger partial charge in [0.05, 0.1) is 6.61 Å². The molecule has 0 saturated carbocycles. The van der Waals surface area contributed by atoms with E-state index in [0.717, 1.165) is 15.2 Å². The molecular formula is C14H13BrN4O2S. The Hall–Kier alpha value is -1.64. The number of carbonyl (C=O) groups excluding carboxylic acids is 1. The van der Waals surface area contributed by atoms with E-state index in [1.54, 1.807) is 7.11 Å². The van der Waals surface area contributed by atoms with Gasteiger partial charge in [0.15, 0.2) is 5.82 Å². The highest BCUT2D eigenvalue weighted by Crippen LogP contribution is 2.38. The normalized spacial score (nSPS) is 16.8. The van der Waals surface area contributed by atoms with Crippen LogP contribution in [0.25, 0.3) is 0 Å². The van der Waals surface area contributed by atoms with Gasteiger partial charge in [0, 0.05) is 17.3 Å². The molecule has 0 saturated heterocycles. The molecule has 2 heterocycles. The molecule has 0 spiro atoms. The number of methoxy groups -OCH3 is 1. The van der Waals surface area contributed by atoms with Crippen LogP contribution in [0, 0.1) is 0 Å². The Kier molecular flexibility index (Phi) is 4.60. The zero-order chi connectivity index (χ0) is 15.5. The number of thioether (sulfide) groups is 1. The van der Waals surface area contributed by atoms with E-state index in [1.165, 1.54) is 18.1 Å². The molecule has 0 fully saturated rings. The third-order valence-electron chi connectivity index (χ3n) is 3.01. The molecule has 8 heteroatoms. The van der Waals surface area contributed by atoms with Crippen LogP contribution in [0.2, 0.25) is 0 Å². The van der Waals surface area contributed by atoms with Gasteiger partial charge >= 0.3 is 0 Å². The summed E-state index contributed by atoms with van der Waals surface area (Å²) in [7, 11) is 1.57. The molecule has 3 rings (SSSR count). The van der Waals surface area contributed by atoms with Crippen LogP contribution >= 0.6 is 27.7 Å². The molecule has 1 aromatic carbocycles. The van der Waals surface area contributed by atoms with E-state index in [-0.39, 0.29) is 11.2 Å². The number of hydrogen-bond acceptors (Lipinski definition) is 6. The van der Waals surface area contributed by atoms with Crippen molar-refractivity contribution in [3.63, 3.8) is 0 Å². The molecule has 1 aliphatic heterocycles. The Balaban J connectivity index is 1.89. The fraction of sp³-hybridized carbons (Fsp3) is 0.214. The average molecular weight is 381 g/mol. The van der Waals surface area contributed by atoms with E-state index in [0.29, 0.717) is 18.1 Å². The van der Waals surface area contributed by atoms with E-state index < -0.39 is 0 Å². The minimum atomic E-state index is -0.300. The molecule has 6 nitrogen and oxygen atoms in total. The zero-order valence-electron chi connectivity index (χ0n) is 11.7. The predicted molar refractivity (Wildman–Crippen MR) is 89.6 cm³/mol. The topological polar surface area (TPSA) is 76.1 Å². The van der Waals surface area contributed by atoms with Gasteiger partial charge in [0.1, 0.15) is 22.3 Å². The van der Waals surface area contributed by atoms with Gasteiger partial charge in [-0.05, 0) is 18.2 Å². The summed E-state index contributed by atoms with van der Waals surface area (Å²) in [6, 6.07) is 7.71. The number of ether oxygens (including phenoxy) is 1.